The first-order valence-corrected chi connectivity index (χ1v) is 2.81. The standard InChI is InChI=1S/C4H10N2O3/c1-2-3-4-5-9-6(7)8/h5H,2-4H2,1H3. The lowest BCUT2D eigenvalue weighted by atomic mass is 10.3. The Morgan fingerprint density at radius 2 is 2.44 bits per heavy atom. The van der Waals surface area contributed by atoms with Gasteiger partial charge in [0.2, 0.25) is 0 Å². The molecule has 0 aliphatic heterocycles. The fraction of sp³-hybridized carbons (Fsp3) is 1.00. The van der Waals surface area contributed by atoms with Crippen molar-refractivity contribution in [2.24, 2.45) is 0 Å². The van der Waals surface area contributed by atoms with E-state index in [1.807, 2.05) is 6.92 Å². The SMILES string of the molecule is CCCCNO[N+](=O)[O-]. The van der Waals surface area contributed by atoms with Crippen LogP contribution >= 0.6 is 0 Å². The molecule has 0 spiro atoms. The summed E-state index contributed by atoms with van der Waals surface area (Å²) in [5.74, 6) is 0. The molecule has 0 heterocycles. The average molecular weight is 134 g/mol. The maximum Gasteiger partial charge on any atom is 0.311 e. The summed E-state index contributed by atoms with van der Waals surface area (Å²) in [5, 5.41) is 8.62. The number of nitrogens with one attached hydrogen (secondary N) is 1. The Morgan fingerprint density at radius 3 is 2.89 bits per heavy atom. The topological polar surface area (TPSA) is 64.4 Å². The average Bonchev–Trinajstić information content (AvgIpc) is 1.80. The zero-order valence-corrected chi connectivity index (χ0v) is 5.29. The van der Waals surface area contributed by atoms with E-state index in [4.69, 9.17) is 0 Å². The van der Waals surface area contributed by atoms with Crippen LogP contribution in [0.1, 0.15) is 19.8 Å². The normalized spacial score (nSPS) is 9.00. The van der Waals surface area contributed by atoms with Crippen molar-refractivity contribution in [3.05, 3.63) is 10.1 Å². The summed E-state index contributed by atoms with van der Waals surface area (Å²) >= 11 is 0. The third-order valence-electron chi connectivity index (χ3n) is 0.771. The minimum absolute atomic E-state index is 0.525. The third kappa shape index (κ3) is 7.16. The Morgan fingerprint density at radius 1 is 1.78 bits per heavy atom. The molecule has 0 fully saturated rings. The van der Waals surface area contributed by atoms with E-state index in [1.54, 1.807) is 0 Å². The van der Waals surface area contributed by atoms with Crippen molar-refractivity contribution in [2.75, 3.05) is 6.54 Å². The van der Waals surface area contributed by atoms with Gasteiger partial charge >= 0.3 is 5.09 Å². The van der Waals surface area contributed by atoms with Crippen LogP contribution in [0.2, 0.25) is 0 Å². The van der Waals surface area contributed by atoms with Gasteiger partial charge in [-0.25, -0.2) is 4.94 Å². The Bertz CT molecular complexity index is 85.9. The molecule has 0 aliphatic rings. The number of rotatable bonds is 5. The highest BCUT2D eigenvalue weighted by Gasteiger charge is 1.90. The maximum atomic E-state index is 9.48. The molecule has 0 radical (unpaired) electrons. The van der Waals surface area contributed by atoms with Gasteiger partial charge in [-0.3, -0.25) is 0 Å². The molecule has 0 atom stereocenters. The van der Waals surface area contributed by atoms with Crippen LogP contribution in [0.5, 0.6) is 0 Å². The fourth-order valence-electron chi connectivity index (χ4n) is 0.347. The van der Waals surface area contributed by atoms with Gasteiger partial charge in [-0.15, -0.1) is 10.1 Å². The van der Waals surface area contributed by atoms with Crippen molar-refractivity contribution in [3.8, 4) is 0 Å². The largest absolute Gasteiger partial charge is 0.311 e. The van der Waals surface area contributed by atoms with E-state index >= 15 is 0 Å². The van der Waals surface area contributed by atoms with Crippen molar-refractivity contribution in [2.45, 2.75) is 19.8 Å². The molecule has 0 bridgehead atoms. The van der Waals surface area contributed by atoms with Gasteiger partial charge in [0, 0.05) is 6.54 Å². The Kier molecular flexibility index (Phi) is 4.81. The number of hydroxylamine groups is 1. The molecule has 0 saturated heterocycles. The van der Waals surface area contributed by atoms with Gasteiger partial charge < -0.3 is 0 Å². The second kappa shape index (κ2) is 5.30. The maximum absolute atomic E-state index is 9.48. The summed E-state index contributed by atoms with van der Waals surface area (Å²) in [6.07, 6.45) is 1.88. The first-order chi connectivity index (χ1) is 4.27. The molecular weight excluding hydrogens is 124 g/mol. The predicted octanol–water partition coefficient (Wildman–Crippen LogP) is 0.499. The summed E-state index contributed by atoms with van der Waals surface area (Å²) in [5.41, 5.74) is 2.19. The second-order valence-electron chi connectivity index (χ2n) is 1.56. The van der Waals surface area contributed by atoms with Crippen molar-refractivity contribution in [1.82, 2.24) is 5.48 Å². The molecule has 9 heavy (non-hydrogen) atoms. The van der Waals surface area contributed by atoms with Crippen molar-refractivity contribution < 1.29 is 10.0 Å². The molecule has 1 N–H and O–H groups in total. The lowest BCUT2D eigenvalue weighted by molar-refractivity contribution is -0.776. The summed E-state index contributed by atoms with van der Waals surface area (Å²) in [4.78, 5) is 13.3. The second-order valence-corrected chi connectivity index (χ2v) is 1.56. The highest BCUT2D eigenvalue weighted by molar-refractivity contribution is 4.31. The van der Waals surface area contributed by atoms with E-state index in [0.29, 0.717) is 6.54 Å². The van der Waals surface area contributed by atoms with Crippen LogP contribution in [0.3, 0.4) is 0 Å². The number of unbranched alkanes of at least 4 members (excludes halogenated alkanes) is 1. The molecule has 0 unspecified atom stereocenters. The highest BCUT2D eigenvalue weighted by Crippen LogP contribution is 1.81. The zero-order valence-electron chi connectivity index (χ0n) is 5.29. The van der Waals surface area contributed by atoms with Crippen LogP contribution in [-0.2, 0) is 4.94 Å². The Hall–Kier alpha value is -0.840. The monoisotopic (exact) mass is 134 g/mol. The van der Waals surface area contributed by atoms with Crippen molar-refractivity contribution >= 4 is 0 Å². The molecule has 0 amide bonds. The van der Waals surface area contributed by atoms with Crippen LogP contribution in [0.4, 0.5) is 0 Å². The molecule has 0 rings (SSSR count). The minimum atomic E-state index is -0.865. The van der Waals surface area contributed by atoms with E-state index < -0.39 is 5.09 Å². The first kappa shape index (κ1) is 8.16. The fourth-order valence-corrected chi connectivity index (χ4v) is 0.347. The molecule has 54 valence electrons. The number of hydrogen-bond donors (Lipinski definition) is 1. The number of nitrogens with zero attached hydrogens (tertiary/aromatic N) is 1. The van der Waals surface area contributed by atoms with Crippen molar-refractivity contribution in [3.63, 3.8) is 0 Å². The molecular formula is C4H10N2O3. The molecule has 0 aromatic carbocycles. The van der Waals surface area contributed by atoms with Crippen LogP contribution < -0.4 is 5.48 Å². The lowest BCUT2D eigenvalue weighted by Gasteiger charge is -1.96. The van der Waals surface area contributed by atoms with Crippen LogP contribution in [0.25, 0.3) is 0 Å². The van der Waals surface area contributed by atoms with Crippen molar-refractivity contribution in [1.29, 1.82) is 0 Å². The van der Waals surface area contributed by atoms with Gasteiger partial charge in [0.1, 0.15) is 0 Å². The molecule has 0 aromatic heterocycles. The third-order valence-corrected chi connectivity index (χ3v) is 0.771. The van der Waals surface area contributed by atoms with Gasteiger partial charge in [-0.2, -0.15) is 5.48 Å². The summed E-state index contributed by atoms with van der Waals surface area (Å²) in [6, 6.07) is 0. The minimum Gasteiger partial charge on any atom is -0.220 e. The zero-order chi connectivity index (χ0) is 7.11. The first-order valence-electron chi connectivity index (χ1n) is 2.81. The molecule has 5 heteroatoms. The summed E-state index contributed by atoms with van der Waals surface area (Å²) < 4.78 is 0. The predicted molar refractivity (Wildman–Crippen MR) is 31.0 cm³/mol. The van der Waals surface area contributed by atoms with Gasteiger partial charge in [-0.1, -0.05) is 13.3 Å². The van der Waals surface area contributed by atoms with Crippen LogP contribution in [0.15, 0.2) is 0 Å². The highest BCUT2D eigenvalue weighted by atomic mass is 17.0. The smallest absolute Gasteiger partial charge is 0.220 e. The van der Waals surface area contributed by atoms with Gasteiger partial charge in [0.05, 0.1) is 0 Å². The summed E-state index contributed by atoms with van der Waals surface area (Å²) in [6.45, 7) is 2.52. The van der Waals surface area contributed by atoms with Gasteiger partial charge in [0.15, 0.2) is 0 Å². The number of hydrogen-bond acceptors (Lipinski definition) is 4. The molecule has 5 nitrogen and oxygen atoms in total. The lowest BCUT2D eigenvalue weighted by Crippen LogP contribution is -2.19. The van der Waals surface area contributed by atoms with Gasteiger partial charge in [-0.05, 0) is 6.42 Å². The molecule has 0 aliphatic carbocycles. The van der Waals surface area contributed by atoms with Crippen LogP contribution in [-0.4, -0.2) is 11.6 Å². The van der Waals surface area contributed by atoms with Crippen LogP contribution in [0, 0.1) is 10.1 Å². The Labute approximate surface area is 53.1 Å². The summed E-state index contributed by atoms with van der Waals surface area (Å²) in [7, 11) is 0. The molecule has 0 aromatic rings. The van der Waals surface area contributed by atoms with E-state index in [9.17, 15) is 10.1 Å². The Balaban J connectivity index is 2.83. The molecule has 0 saturated carbocycles. The van der Waals surface area contributed by atoms with Gasteiger partial charge in [0.25, 0.3) is 0 Å². The quantitative estimate of drug-likeness (QED) is 0.338. The van der Waals surface area contributed by atoms with E-state index in [-0.39, 0.29) is 0 Å². The van der Waals surface area contributed by atoms with E-state index in [2.05, 4.69) is 10.4 Å². The van der Waals surface area contributed by atoms with E-state index in [0.717, 1.165) is 12.8 Å². The van der Waals surface area contributed by atoms with E-state index in [1.165, 1.54) is 0 Å².